The Labute approximate surface area is 126 Å². The fourth-order valence-corrected chi connectivity index (χ4v) is 3.40. The average molecular weight is 314 g/mol. The molecule has 0 fully saturated rings. The molecule has 0 spiro atoms. The van der Waals surface area contributed by atoms with Gasteiger partial charge in [-0.05, 0) is 30.5 Å². The molecule has 1 aromatic rings. The van der Waals surface area contributed by atoms with E-state index in [0.717, 1.165) is 18.4 Å². The van der Waals surface area contributed by atoms with E-state index in [1.54, 1.807) is 19.1 Å². The van der Waals surface area contributed by atoms with E-state index in [4.69, 9.17) is 18.0 Å². The molecule has 0 unspecified atom stereocenters. The molecule has 3 N–H and O–H groups in total. The maximum atomic E-state index is 12.2. The normalized spacial score (nSPS) is 11.8. The van der Waals surface area contributed by atoms with Crippen LogP contribution in [0.5, 0.6) is 0 Å². The Morgan fingerprint density at radius 2 is 1.95 bits per heavy atom. The molecule has 20 heavy (non-hydrogen) atoms. The minimum Gasteiger partial charge on any atom is -0.389 e. The first-order chi connectivity index (χ1) is 9.31. The van der Waals surface area contributed by atoms with Gasteiger partial charge in [-0.3, -0.25) is 0 Å². The van der Waals surface area contributed by atoms with Crippen LogP contribution in [0.15, 0.2) is 23.1 Å². The summed E-state index contributed by atoms with van der Waals surface area (Å²) < 4.78 is 27.1. The second-order valence-electron chi connectivity index (χ2n) is 4.88. The molecule has 4 nitrogen and oxygen atoms in total. The lowest BCUT2D eigenvalue weighted by Crippen LogP contribution is -2.29. The zero-order valence-corrected chi connectivity index (χ0v) is 13.8. The van der Waals surface area contributed by atoms with Gasteiger partial charge in [-0.1, -0.05) is 45.0 Å². The SMILES string of the molecule is CCC(CC)CNS(=O)(=O)c1ccc(C(N)=S)c(C)c1. The van der Waals surface area contributed by atoms with E-state index in [1.807, 2.05) is 0 Å². The van der Waals surface area contributed by atoms with Crippen molar-refractivity contribution in [2.24, 2.45) is 11.7 Å². The van der Waals surface area contributed by atoms with E-state index in [1.165, 1.54) is 6.07 Å². The number of benzene rings is 1. The summed E-state index contributed by atoms with van der Waals surface area (Å²) in [6, 6.07) is 4.80. The second-order valence-corrected chi connectivity index (χ2v) is 7.08. The largest absolute Gasteiger partial charge is 0.389 e. The Kier molecular flexibility index (Phi) is 6.10. The average Bonchev–Trinajstić information content (AvgIpc) is 2.39. The van der Waals surface area contributed by atoms with Crippen LogP contribution in [0.3, 0.4) is 0 Å². The molecular weight excluding hydrogens is 292 g/mol. The van der Waals surface area contributed by atoms with Crippen molar-refractivity contribution in [3.05, 3.63) is 29.3 Å². The molecule has 0 saturated carbocycles. The first kappa shape index (κ1) is 17.1. The molecule has 0 bridgehead atoms. The van der Waals surface area contributed by atoms with Crippen LogP contribution in [0, 0.1) is 12.8 Å². The lowest BCUT2D eigenvalue weighted by Gasteiger charge is -2.14. The predicted octanol–water partition coefficient (Wildman–Crippen LogP) is 2.34. The highest BCUT2D eigenvalue weighted by molar-refractivity contribution is 7.89. The summed E-state index contributed by atoms with van der Waals surface area (Å²) in [6.45, 7) is 6.38. The molecule has 112 valence electrons. The van der Waals surface area contributed by atoms with Crippen LogP contribution in [-0.4, -0.2) is 20.0 Å². The molecule has 0 heterocycles. The third-order valence-corrected chi connectivity index (χ3v) is 5.13. The van der Waals surface area contributed by atoms with E-state index in [-0.39, 0.29) is 9.88 Å². The summed E-state index contributed by atoms with van der Waals surface area (Å²) in [5.74, 6) is 0.363. The maximum Gasteiger partial charge on any atom is 0.240 e. The predicted molar refractivity (Wildman–Crippen MR) is 86.3 cm³/mol. The minimum atomic E-state index is -3.47. The van der Waals surface area contributed by atoms with Gasteiger partial charge in [0.2, 0.25) is 10.0 Å². The fourth-order valence-electron chi connectivity index (χ4n) is 1.97. The van der Waals surface area contributed by atoms with Gasteiger partial charge < -0.3 is 5.73 Å². The Morgan fingerprint density at radius 3 is 2.40 bits per heavy atom. The number of sulfonamides is 1. The van der Waals surface area contributed by atoms with Gasteiger partial charge in [-0.25, -0.2) is 13.1 Å². The maximum absolute atomic E-state index is 12.2. The van der Waals surface area contributed by atoms with Gasteiger partial charge in [0, 0.05) is 12.1 Å². The van der Waals surface area contributed by atoms with Crippen LogP contribution >= 0.6 is 12.2 Å². The number of nitrogens with two attached hydrogens (primary N) is 1. The van der Waals surface area contributed by atoms with Crippen LogP contribution in [0.1, 0.15) is 37.8 Å². The third kappa shape index (κ3) is 4.26. The van der Waals surface area contributed by atoms with Crippen LogP contribution in [0.4, 0.5) is 0 Å². The molecule has 0 aliphatic carbocycles. The van der Waals surface area contributed by atoms with Crippen LogP contribution in [0.2, 0.25) is 0 Å². The van der Waals surface area contributed by atoms with Gasteiger partial charge >= 0.3 is 0 Å². The van der Waals surface area contributed by atoms with Gasteiger partial charge in [0.05, 0.1) is 4.90 Å². The summed E-state index contributed by atoms with van der Waals surface area (Å²) >= 11 is 4.92. The van der Waals surface area contributed by atoms with Crippen molar-refractivity contribution >= 4 is 27.2 Å². The summed E-state index contributed by atoms with van der Waals surface area (Å²) in [6.07, 6.45) is 1.91. The number of rotatable bonds is 7. The van der Waals surface area contributed by atoms with Gasteiger partial charge in [0.15, 0.2) is 0 Å². The molecule has 0 aliphatic rings. The van der Waals surface area contributed by atoms with E-state index in [9.17, 15) is 8.42 Å². The number of aryl methyl sites for hydroxylation is 1. The molecule has 0 radical (unpaired) electrons. The third-order valence-electron chi connectivity index (χ3n) is 3.49. The van der Waals surface area contributed by atoms with Gasteiger partial charge in [0.1, 0.15) is 4.99 Å². The fraction of sp³-hybridized carbons (Fsp3) is 0.500. The van der Waals surface area contributed by atoms with Crippen LogP contribution in [-0.2, 0) is 10.0 Å². The highest BCUT2D eigenvalue weighted by atomic mass is 32.2. The van der Waals surface area contributed by atoms with Crippen molar-refractivity contribution in [3.63, 3.8) is 0 Å². The van der Waals surface area contributed by atoms with Crippen LogP contribution in [0.25, 0.3) is 0 Å². The molecule has 1 aromatic carbocycles. The van der Waals surface area contributed by atoms with E-state index in [2.05, 4.69) is 18.6 Å². The number of thiocarbonyl (C=S) groups is 1. The van der Waals surface area contributed by atoms with Crippen molar-refractivity contribution in [2.45, 2.75) is 38.5 Å². The standard InChI is InChI=1S/C14H22N2O2S2/c1-4-11(5-2)9-16-20(17,18)12-6-7-13(14(15)19)10(3)8-12/h6-8,11,16H,4-5,9H2,1-3H3,(H2,15,19). The van der Waals surface area contributed by atoms with Gasteiger partial charge in [-0.2, -0.15) is 0 Å². The summed E-state index contributed by atoms with van der Waals surface area (Å²) in [5, 5.41) is 0. The number of hydrogen-bond donors (Lipinski definition) is 2. The smallest absolute Gasteiger partial charge is 0.240 e. The molecule has 0 amide bonds. The van der Waals surface area contributed by atoms with Crippen molar-refractivity contribution in [1.29, 1.82) is 0 Å². The zero-order valence-electron chi connectivity index (χ0n) is 12.1. The number of nitrogens with one attached hydrogen (secondary N) is 1. The highest BCUT2D eigenvalue weighted by Crippen LogP contribution is 2.16. The summed E-state index contributed by atoms with van der Waals surface area (Å²) in [4.78, 5) is 0.525. The van der Waals surface area contributed by atoms with E-state index < -0.39 is 10.0 Å². The molecule has 0 aliphatic heterocycles. The van der Waals surface area contributed by atoms with E-state index in [0.29, 0.717) is 18.0 Å². The Hall–Kier alpha value is -0.980. The van der Waals surface area contributed by atoms with Crippen molar-refractivity contribution < 1.29 is 8.42 Å². The molecular formula is C14H22N2O2S2. The van der Waals surface area contributed by atoms with Gasteiger partial charge in [-0.15, -0.1) is 0 Å². The minimum absolute atomic E-state index is 0.251. The Morgan fingerprint density at radius 1 is 1.35 bits per heavy atom. The topological polar surface area (TPSA) is 72.2 Å². The molecule has 0 atom stereocenters. The first-order valence-corrected chi connectivity index (χ1v) is 8.61. The lowest BCUT2D eigenvalue weighted by atomic mass is 10.0. The van der Waals surface area contributed by atoms with Crippen LogP contribution < -0.4 is 10.5 Å². The summed E-state index contributed by atoms with van der Waals surface area (Å²) in [7, 11) is -3.47. The highest BCUT2D eigenvalue weighted by Gasteiger charge is 2.17. The molecule has 0 aromatic heterocycles. The van der Waals surface area contributed by atoms with E-state index >= 15 is 0 Å². The second kappa shape index (κ2) is 7.15. The van der Waals surface area contributed by atoms with Crippen molar-refractivity contribution in [3.8, 4) is 0 Å². The number of hydrogen-bond acceptors (Lipinski definition) is 3. The van der Waals surface area contributed by atoms with Gasteiger partial charge in [0.25, 0.3) is 0 Å². The summed E-state index contributed by atoms with van der Waals surface area (Å²) in [5.41, 5.74) is 7.05. The molecule has 0 saturated heterocycles. The Bertz CT molecular complexity index is 579. The molecule has 6 heteroatoms. The lowest BCUT2D eigenvalue weighted by molar-refractivity contribution is 0.479. The zero-order chi connectivity index (χ0) is 15.3. The monoisotopic (exact) mass is 314 g/mol. The Balaban J connectivity index is 2.93. The van der Waals surface area contributed by atoms with Crippen molar-refractivity contribution in [2.75, 3.05) is 6.54 Å². The quantitative estimate of drug-likeness (QED) is 0.758. The molecule has 1 rings (SSSR count). The first-order valence-electron chi connectivity index (χ1n) is 6.71. The van der Waals surface area contributed by atoms with Crippen molar-refractivity contribution in [1.82, 2.24) is 4.72 Å².